The van der Waals surface area contributed by atoms with Gasteiger partial charge in [0.2, 0.25) is 5.95 Å². The maximum absolute atomic E-state index is 5.85. The third kappa shape index (κ3) is 2.34. The third-order valence-corrected chi connectivity index (χ3v) is 4.62. The Morgan fingerprint density at radius 1 is 1.53 bits per heavy atom. The predicted octanol–water partition coefficient (Wildman–Crippen LogP) is 1.91. The smallest absolute Gasteiger partial charge is 0.245 e. The highest BCUT2D eigenvalue weighted by Gasteiger charge is 2.27. The molecule has 0 spiro atoms. The first-order valence-corrected chi connectivity index (χ1v) is 7.44. The van der Waals surface area contributed by atoms with Crippen molar-refractivity contribution in [1.29, 1.82) is 0 Å². The standard InChI is InChI=1S/C13H18BrN5/c1-9-4-6-18(8-10(9)7-15)13-16-12-11(14)3-2-5-19(12)17-13/h2-3,5,9-10H,4,6-8,15H2,1H3. The van der Waals surface area contributed by atoms with E-state index in [-0.39, 0.29) is 0 Å². The Morgan fingerprint density at radius 3 is 3.11 bits per heavy atom. The van der Waals surface area contributed by atoms with E-state index in [1.807, 2.05) is 22.8 Å². The Bertz CT molecular complexity index is 581. The topological polar surface area (TPSA) is 59.5 Å². The average Bonchev–Trinajstić information content (AvgIpc) is 2.85. The summed E-state index contributed by atoms with van der Waals surface area (Å²) in [5, 5.41) is 4.55. The summed E-state index contributed by atoms with van der Waals surface area (Å²) >= 11 is 3.51. The molecule has 5 nitrogen and oxygen atoms in total. The number of nitrogens with two attached hydrogens (primary N) is 1. The Morgan fingerprint density at radius 2 is 2.37 bits per heavy atom. The monoisotopic (exact) mass is 323 g/mol. The SMILES string of the molecule is CC1CCN(c2nc3c(Br)cccn3n2)CC1CN. The Balaban J connectivity index is 1.90. The van der Waals surface area contributed by atoms with Crippen LogP contribution < -0.4 is 10.6 Å². The fourth-order valence-corrected chi connectivity index (χ4v) is 3.06. The number of pyridine rings is 1. The van der Waals surface area contributed by atoms with Crippen molar-refractivity contribution in [2.45, 2.75) is 13.3 Å². The highest BCUT2D eigenvalue weighted by Crippen LogP contribution is 2.26. The van der Waals surface area contributed by atoms with E-state index < -0.39 is 0 Å². The molecule has 19 heavy (non-hydrogen) atoms. The molecule has 3 rings (SSSR count). The number of piperidine rings is 1. The lowest BCUT2D eigenvalue weighted by molar-refractivity contribution is 0.306. The summed E-state index contributed by atoms with van der Waals surface area (Å²) in [4.78, 5) is 6.87. The van der Waals surface area contributed by atoms with Gasteiger partial charge in [-0.3, -0.25) is 0 Å². The summed E-state index contributed by atoms with van der Waals surface area (Å²) in [5.41, 5.74) is 6.71. The van der Waals surface area contributed by atoms with Gasteiger partial charge in [0.15, 0.2) is 5.65 Å². The van der Waals surface area contributed by atoms with Crippen LogP contribution in [0.3, 0.4) is 0 Å². The van der Waals surface area contributed by atoms with E-state index in [1.54, 1.807) is 0 Å². The normalized spacial score (nSPS) is 24.1. The molecule has 0 bridgehead atoms. The second kappa shape index (κ2) is 5.09. The van der Waals surface area contributed by atoms with Crippen molar-refractivity contribution in [1.82, 2.24) is 14.6 Å². The lowest BCUT2D eigenvalue weighted by atomic mass is 9.87. The van der Waals surface area contributed by atoms with Gasteiger partial charge in [-0.1, -0.05) is 6.92 Å². The first-order chi connectivity index (χ1) is 9.19. The molecule has 0 radical (unpaired) electrons. The number of hydrogen-bond acceptors (Lipinski definition) is 4. The lowest BCUT2D eigenvalue weighted by Crippen LogP contribution is -2.43. The van der Waals surface area contributed by atoms with Crippen molar-refractivity contribution < 1.29 is 0 Å². The molecular formula is C13H18BrN5. The summed E-state index contributed by atoms with van der Waals surface area (Å²) in [6, 6.07) is 3.94. The van der Waals surface area contributed by atoms with E-state index in [9.17, 15) is 0 Å². The van der Waals surface area contributed by atoms with Gasteiger partial charge in [-0.2, -0.15) is 4.98 Å². The summed E-state index contributed by atoms with van der Waals surface area (Å²) in [6.45, 7) is 4.97. The summed E-state index contributed by atoms with van der Waals surface area (Å²) in [7, 11) is 0. The van der Waals surface area contributed by atoms with Crippen LogP contribution >= 0.6 is 15.9 Å². The Hall–Kier alpha value is -1.14. The zero-order valence-corrected chi connectivity index (χ0v) is 12.5. The first kappa shape index (κ1) is 12.9. The second-order valence-corrected chi connectivity index (χ2v) is 6.10. The number of fused-ring (bicyclic) bond motifs is 1. The molecule has 0 aliphatic carbocycles. The molecule has 1 fully saturated rings. The molecular weight excluding hydrogens is 306 g/mol. The largest absolute Gasteiger partial charge is 0.339 e. The highest BCUT2D eigenvalue weighted by atomic mass is 79.9. The average molecular weight is 324 g/mol. The van der Waals surface area contributed by atoms with Crippen LogP contribution in [0.15, 0.2) is 22.8 Å². The zero-order chi connectivity index (χ0) is 13.4. The number of aromatic nitrogens is 3. The molecule has 2 aromatic heterocycles. The third-order valence-electron chi connectivity index (χ3n) is 4.00. The number of nitrogens with zero attached hydrogens (tertiary/aromatic N) is 4. The predicted molar refractivity (Wildman–Crippen MR) is 79.2 cm³/mol. The van der Waals surface area contributed by atoms with Crippen molar-refractivity contribution in [2.75, 3.05) is 24.5 Å². The van der Waals surface area contributed by atoms with Crippen LogP contribution in [-0.2, 0) is 0 Å². The van der Waals surface area contributed by atoms with Crippen molar-refractivity contribution in [2.24, 2.45) is 17.6 Å². The molecule has 0 amide bonds. The molecule has 0 aromatic carbocycles. The number of hydrogen-bond donors (Lipinski definition) is 1. The van der Waals surface area contributed by atoms with Crippen LogP contribution in [0.2, 0.25) is 0 Å². The second-order valence-electron chi connectivity index (χ2n) is 5.24. The molecule has 3 heterocycles. The Labute approximate surface area is 120 Å². The van der Waals surface area contributed by atoms with Crippen LogP contribution in [0.25, 0.3) is 5.65 Å². The van der Waals surface area contributed by atoms with Crippen molar-refractivity contribution in [3.8, 4) is 0 Å². The van der Waals surface area contributed by atoms with Crippen LogP contribution in [-0.4, -0.2) is 34.2 Å². The molecule has 6 heteroatoms. The van der Waals surface area contributed by atoms with E-state index in [1.165, 1.54) is 0 Å². The quantitative estimate of drug-likeness (QED) is 0.917. The van der Waals surface area contributed by atoms with E-state index >= 15 is 0 Å². The van der Waals surface area contributed by atoms with Crippen molar-refractivity contribution in [3.05, 3.63) is 22.8 Å². The van der Waals surface area contributed by atoms with Gasteiger partial charge >= 0.3 is 0 Å². The lowest BCUT2D eigenvalue weighted by Gasteiger charge is -2.35. The molecule has 2 N–H and O–H groups in total. The van der Waals surface area contributed by atoms with Gasteiger partial charge in [-0.25, -0.2) is 4.52 Å². The van der Waals surface area contributed by atoms with E-state index in [2.05, 4.69) is 37.8 Å². The number of rotatable bonds is 2. The van der Waals surface area contributed by atoms with Gasteiger partial charge in [0, 0.05) is 19.3 Å². The van der Waals surface area contributed by atoms with Gasteiger partial charge in [0.1, 0.15) is 0 Å². The minimum atomic E-state index is 0.531. The fraction of sp³-hybridized carbons (Fsp3) is 0.538. The summed E-state index contributed by atoms with van der Waals surface area (Å²) in [6.07, 6.45) is 3.07. The highest BCUT2D eigenvalue weighted by molar-refractivity contribution is 9.10. The van der Waals surface area contributed by atoms with Crippen LogP contribution in [0.1, 0.15) is 13.3 Å². The summed E-state index contributed by atoms with van der Waals surface area (Å²) < 4.78 is 2.78. The van der Waals surface area contributed by atoms with Crippen molar-refractivity contribution >= 4 is 27.5 Å². The maximum Gasteiger partial charge on any atom is 0.245 e. The van der Waals surface area contributed by atoms with Gasteiger partial charge in [0.05, 0.1) is 4.47 Å². The molecule has 102 valence electrons. The van der Waals surface area contributed by atoms with E-state index in [0.717, 1.165) is 42.1 Å². The molecule has 2 unspecified atom stereocenters. The van der Waals surface area contributed by atoms with E-state index in [0.29, 0.717) is 11.8 Å². The zero-order valence-electron chi connectivity index (χ0n) is 11.0. The molecule has 2 atom stereocenters. The molecule has 1 aliphatic heterocycles. The van der Waals surface area contributed by atoms with Gasteiger partial charge in [-0.05, 0) is 52.9 Å². The Kier molecular flexibility index (Phi) is 3.45. The molecule has 1 aliphatic rings. The fourth-order valence-electron chi connectivity index (χ4n) is 2.63. The van der Waals surface area contributed by atoms with Crippen molar-refractivity contribution in [3.63, 3.8) is 0 Å². The van der Waals surface area contributed by atoms with Gasteiger partial charge < -0.3 is 10.6 Å². The van der Waals surface area contributed by atoms with Crippen LogP contribution in [0.5, 0.6) is 0 Å². The molecule has 0 saturated carbocycles. The van der Waals surface area contributed by atoms with Gasteiger partial charge in [-0.15, -0.1) is 5.10 Å². The molecule has 2 aromatic rings. The van der Waals surface area contributed by atoms with E-state index in [4.69, 9.17) is 5.73 Å². The van der Waals surface area contributed by atoms with Gasteiger partial charge in [0.25, 0.3) is 0 Å². The first-order valence-electron chi connectivity index (χ1n) is 6.65. The van der Waals surface area contributed by atoms with Crippen LogP contribution in [0, 0.1) is 11.8 Å². The summed E-state index contributed by atoms with van der Waals surface area (Å²) in [5.74, 6) is 2.02. The van der Waals surface area contributed by atoms with Crippen LogP contribution in [0.4, 0.5) is 5.95 Å². The minimum absolute atomic E-state index is 0.531. The maximum atomic E-state index is 5.85. The molecule has 1 saturated heterocycles. The number of halogens is 1. The number of anilines is 1. The minimum Gasteiger partial charge on any atom is -0.339 e.